The maximum absolute atomic E-state index is 13.8. The van der Waals surface area contributed by atoms with Crippen LogP contribution in [0.1, 0.15) is 73.3 Å². The molecule has 0 atom stereocenters. The van der Waals surface area contributed by atoms with Crippen molar-refractivity contribution in [3.63, 3.8) is 0 Å². The van der Waals surface area contributed by atoms with Gasteiger partial charge < -0.3 is 31.0 Å². The number of rotatable bonds is 19. The number of nitrogens with zero attached hydrogens (tertiary/aromatic N) is 11. The second-order valence-corrected chi connectivity index (χ2v) is 15.7. The number of aromatic nitrogens is 9. The number of allylic oxidation sites excluding steroid dienone is 2. The molecule has 1 aliphatic heterocycles. The van der Waals surface area contributed by atoms with Crippen LogP contribution < -0.4 is 32.2 Å². The first kappa shape index (κ1) is 45.6. The van der Waals surface area contributed by atoms with Gasteiger partial charge in [0.05, 0.1) is 35.5 Å². The maximum atomic E-state index is 13.8. The molecule has 1 fully saturated rings. The van der Waals surface area contributed by atoms with Crippen LogP contribution in [-0.2, 0) is 31.0 Å². The molecule has 65 heavy (non-hydrogen) atoms. The zero-order chi connectivity index (χ0) is 46.4. The Bertz CT molecular complexity index is 2790. The van der Waals surface area contributed by atoms with Gasteiger partial charge in [0, 0.05) is 77.2 Å². The predicted octanol–water partition coefficient (Wildman–Crippen LogP) is 1.92. The van der Waals surface area contributed by atoms with Gasteiger partial charge in [-0.05, 0) is 65.1 Å². The number of hydrogen-bond donors (Lipinski definition) is 5. The highest BCUT2D eigenvalue weighted by molar-refractivity contribution is 6.05. The SMILES string of the molecule is CCn1nc(C)cc1C(=O)Nc1nc2cc(C(N)=O)cnc2n1C/C=C/Cn1c(NC(=O)c2cc(C)nn2CC)nc2cc(C(N)=O)cc(OCCC(=O)NCCN3CCN(C)CC3)c21. The average Bonchev–Trinajstić information content (AvgIpc) is 4.04. The van der Waals surface area contributed by atoms with Crippen LogP contribution in [-0.4, -0.2) is 136 Å². The molecule has 1 aromatic carbocycles. The van der Waals surface area contributed by atoms with E-state index in [9.17, 15) is 24.0 Å². The van der Waals surface area contributed by atoms with E-state index in [0.717, 1.165) is 32.7 Å². The van der Waals surface area contributed by atoms with Crippen LogP contribution in [0.5, 0.6) is 5.75 Å². The molecule has 0 spiro atoms. The van der Waals surface area contributed by atoms with E-state index in [1.165, 1.54) is 24.4 Å². The monoisotopic (exact) mass is 890 g/mol. The van der Waals surface area contributed by atoms with Gasteiger partial charge in [0.15, 0.2) is 5.65 Å². The van der Waals surface area contributed by atoms with Crippen molar-refractivity contribution >= 4 is 63.6 Å². The van der Waals surface area contributed by atoms with Gasteiger partial charge in [-0.1, -0.05) is 12.2 Å². The molecule has 6 aromatic rings. The summed E-state index contributed by atoms with van der Waals surface area (Å²) in [6.07, 6.45) is 4.99. The predicted molar refractivity (Wildman–Crippen MR) is 242 cm³/mol. The summed E-state index contributed by atoms with van der Waals surface area (Å²) in [6.45, 7) is 13.6. The van der Waals surface area contributed by atoms with Crippen molar-refractivity contribution in [1.29, 1.82) is 0 Å². The number of piperazine rings is 1. The highest BCUT2D eigenvalue weighted by atomic mass is 16.5. The van der Waals surface area contributed by atoms with E-state index in [0.29, 0.717) is 64.6 Å². The van der Waals surface area contributed by atoms with Crippen LogP contribution in [0.25, 0.3) is 22.2 Å². The number of primary amides is 2. The Hall–Kier alpha value is -7.46. The molecule has 22 heteroatoms. The fourth-order valence-electron chi connectivity index (χ4n) is 7.57. The number of nitrogens with one attached hydrogen (secondary N) is 3. The first-order valence-corrected chi connectivity index (χ1v) is 21.4. The molecule has 0 aliphatic carbocycles. The lowest BCUT2D eigenvalue weighted by Crippen LogP contribution is -2.46. The fraction of sp³-hybridized carbons (Fsp3) is 0.395. The summed E-state index contributed by atoms with van der Waals surface area (Å²) >= 11 is 0. The van der Waals surface area contributed by atoms with Crippen LogP contribution in [0, 0.1) is 13.8 Å². The van der Waals surface area contributed by atoms with Crippen LogP contribution >= 0.6 is 0 Å². The van der Waals surface area contributed by atoms with Crippen molar-refractivity contribution < 1.29 is 28.7 Å². The number of benzene rings is 1. The van der Waals surface area contributed by atoms with Crippen molar-refractivity contribution in [2.45, 2.75) is 60.3 Å². The van der Waals surface area contributed by atoms with Crippen molar-refractivity contribution in [2.75, 3.05) is 63.6 Å². The zero-order valence-electron chi connectivity index (χ0n) is 37.1. The van der Waals surface area contributed by atoms with E-state index in [1.807, 2.05) is 19.9 Å². The Morgan fingerprint density at radius 1 is 0.754 bits per heavy atom. The first-order valence-electron chi connectivity index (χ1n) is 21.4. The first-order chi connectivity index (χ1) is 31.2. The molecule has 1 aliphatic rings. The number of likely N-dealkylation sites (N-methyl/N-ethyl adjacent to an activating group) is 1. The summed E-state index contributed by atoms with van der Waals surface area (Å²) in [6, 6.07) is 7.85. The zero-order valence-corrected chi connectivity index (χ0v) is 37.1. The summed E-state index contributed by atoms with van der Waals surface area (Å²) < 4.78 is 12.8. The molecule has 7 N–H and O–H groups in total. The fourth-order valence-corrected chi connectivity index (χ4v) is 7.57. The largest absolute Gasteiger partial charge is 0.491 e. The summed E-state index contributed by atoms with van der Waals surface area (Å²) in [5.74, 6) is -1.99. The van der Waals surface area contributed by atoms with Crippen molar-refractivity contribution in [1.82, 2.24) is 58.8 Å². The normalized spacial score (nSPS) is 13.5. The summed E-state index contributed by atoms with van der Waals surface area (Å²) in [5, 5.41) is 17.5. The van der Waals surface area contributed by atoms with Gasteiger partial charge in [-0.3, -0.25) is 53.4 Å². The molecule has 7 rings (SSSR count). The second-order valence-electron chi connectivity index (χ2n) is 15.7. The van der Waals surface area contributed by atoms with E-state index in [-0.39, 0.29) is 60.8 Å². The topological polar surface area (TPSA) is 273 Å². The van der Waals surface area contributed by atoms with Gasteiger partial charge in [-0.2, -0.15) is 10.2 Å². The van der Waals surface area contributed by atoms with Gasteiger partial charge in [0.1, 0.15) is 28.2 Å². The molecule has 0 saturated carbocycles. The minimum absolute atomic E-state index is 0.0272. The van der Waals surface area contributed by atoms with Gasteiger partial charge in [0.2, 0.25) is 29.6 Å². The molecular formula is C43H54N16O6. The maximum Gasteiger partial charge on any atom is 0.276 e. The van der Waals surface area contributed by atoms with Crippen molar-refractivity contribution in [3.8, 4) is 5.75 Å². The van der Waals surface area contributed by atoms with E-state index in [4.69, 9.17) is 21.2 Å². The number of hydrogen-bond acceptors (Lipinski definition) is 13. The molecule has 22 nitrogen and oxygen atoms in total. The number of carbonyl (C=O) groups excluding carboxylic acids is 5. The summed E-state index contributed by atoms with van der Waals surface area (Å²) in [7, 11) is 2.09. The Morgan fingerprint density at radius 2 is 1.32 bits per heavy atom. The number of amides is 5. The molecule has 0 unspecified atom stereocenters. The Kier molecular flexibility index (Phi) is 14.0. The van der Waals surface area contributed by atoms with Gasteiger partial charge in [-0.25, -0.2) is 15.0 Å². The Balaban J connectivity index is 1.18. The smallest absolute Gasteiger partial charge is 0.276 e. The van der Waals surface area contributed by atoms with E-state index in [1.54, 1.807) is 50.6 Å². The number of anilines is 2. The number of pyridine rings is 1. The number of aryl methyl sites for hydroxylation is 4. The lowest BCUT2D eigenvalue weighted by atomic mass is 10.1. The van der Waals surface area contributed by atoms with Crippen LogP contribution in [0.4, 0.5) is 11.9 Å². The Morgan fingerprint density at radius 3 is 1.92 bits per heavy atom. The molecule has 6 heterocycles. The summed E-state index contributed by atoms with van der Waals surface area (Å²) in [4.78, 5) is 83.2. The van der Waals surface area contributed by atoms with Gasteiger partial charge in [-0.15, -0.1) is 0 Å². The highest BCUT2D eigenvalue weighted by Crippen LogP contribution is 2.32. The van der Waals surface area contributed by atoms with Crippen molar-refractivity contribution in [2.24, 2.45) is 11.5 Å². The van der Waals surface area contributed by atoms with Crippen LogP contribution in [0.2, 0.25) is 0 Å². The van der Waals surface area contributed by atoms with Crippen LogP contribution in [0.15, 0.2) is 48.7 Å². The number of fused-ring (bicyclic) bond motifs is 2. The van der Waals surface area contributed by atoms with E-state index < -0.39 is 23.6 Å². The molecular weight excluding hydrogens is 837 g/mol. The lowest BCUT2D eigenvalue weighted by Gasteiger charge is -2.32. The lowest BCUT2D eigenvalue weighted by molar-refractivity contribution is -0.121. The Labute approximate surface area is 374 Å². The third-order valence-corrected chi connectivity index (χ3v) is 11.0. The third kappa shape index (κ3) is 10.5. The second kappa shape index (κ2) is 19.9. The van der Waals surface area contributed by atoms with E-state index >= 15 is 0 Å². The standard InChI is InChI=1S/C43H54N16O6/c1-6-58-32(20-26(3)52-58)40(63)50-42-48-30-22-28(37(44)61)24-34(65-19-10-35(60)46-11-14-55-17-15-54(5)16-18-55)36(30)56(42)12-8-9-13-57-39-31(23-29(25-47-39)38(45)62)49-43(57)51-41(64)33-21-27(4)53-59(33)7-2/h8-9,20-25H,6-7,10-19H2,1-5H3,(H2,44,61)(H2,45,62)(H,46,60)(H,48,50,63)(H,49,51,64)/b9-8+. The molecule has 0 bridgehead atoms. The molecule has 0 radical (unpaired) electrons. The molecule has 1 saturated heterocycles. The minimum Gasteiger partial charge on any atom is -0.491 e. The highest BCUT2D eigenvalue weighted by Gasteiger charge is 2.23. The van der Waals surface area contributed by atoms with Gasteiger partial charge in [0.25, 0.3) is 11.8 Å². The van der Waals surface area contributed by atoms with Crippen molar-refractivity contribution in [3.05, 3.63) is 82.6 Å². The summed E-state index contributed by atoms with van der Waals surface area (Å²) in [5.41, 5.74) is 15.0. The van der Waals surface area contributed by atoms with Gasteiger partial charge >= 0.3 is 0 Å². The van der Waals surface area contributed by atoms with Crippen LogP contribution in [0.3, 0.4) is 0 Å². The minimum atomic E-state index is -0.720. The average molecular weight is 891 g/mol. The van der Waals surface area contributed by atoms with E-state index in [2.05, 4.69) is 53.0 Å². The number of nitrogens with two attached hydrogens (primary N) is 2. The molecule has 342 valence electrons. The number of carbonyl (C=O) groups is 5. The number of ether oxygens (including phenoxy) is 1. The quantitative estimate of drug-likeness (QED) is 0.0729. The number of imidazole rings is 2. The third-order valence-electron chi connectivity index (χ3n) is 11.0. The molecule has 5 aromatic heterocycles. The molecule has 5 amide bonds.